The molecule has 96 valence electrons. The number of carbonyl (C=O) groups is 1. The van der Waals surface area contributed by atoms with Crippen LogP contribution in [-0.4, -0.2) is 24.4 Å². The highest BCUT2D eigenvalue weighted by Crippen LogP contribution is 2.16. The summed E-state index contributed by atoms with van der Waals surface area (Å²) in [5, 5.41) is 5.79. The van der Waals surface area contributed by atoms with Crippen LogP contribution in [0, 0.1) is 5.92 Å². The van der Waals surface area contributed by atoms with Crippen molar-refractivity contribution in [2.24, 2.45) is 5.92 Å². The first kappa shape index (κ1) is 15.2. The van der Waals surface area contributed by atoms with Crippen LogP contribution >= 0.6 is 0 Å². The van der Waals surface area contributed by atoms with Gasteiger partial charge in [0, 0.05) is 5.54 Å². The molecule has 0 aliphatic rings. The van der Waals surface area contributed by atoms with Crippen LogP contribution in [0.25, 0.3) is 0 Å². The largest absolute Gasteiger partial charge is 0.428 e. The fraction of sp³-hybridized carbons (Fsp3) is 0.917. The van der Waals surface area contributed by atoms with E-state index < -0.39 is 5.72 Å². The number of alkyl carbamates (subject to hydrolysis) is 1. The highest BCUT2D eigenvalue weighted by Gasteiger charge is 2.26. The van der Waals surface area contributed by atoms with E-state index in [1.165, 1.54) is 0 Å². The molecular weight excluding hydrogens is 204 g/mol. The number of nitrogens with one attached hydrogen (secondary N) is 2. The molecule has 16 heavy (non-hydrogen) atoms. The molecule has 0 fully saturated rings. The van der Waals surface area contributed by atoms with E-state index in [9.17, 15) is 4.79 Å². The van der Waals surface area contributed by atoms with Gasteiger partial charge in [-0.1, -0.05) is 13.8 Å². The van der Waals surface area contributed by atoms with Gasteiger partial charge in [0.25, 0.3) is 0 Å². The average Bonchev–Trinajstić information content (AvgIpc) is 1.98. The van der Waals surface area contributed by atoms with E-state index in [2.05, 4.69) is 24.5 Å². The van der Waals surface area contributed by atoms with E-state index in [1.807, 2.05) is 27.7 Å². The van der Waals surface area contributed by atoms with Gasteiger partial charge >= 0.3 is 6.09 Å². The van der Waals surface area contributed by atoms with E-state index in [-0.39, 0.29) is 11.6 Å². The van der Waals surface area contributed by atoms with Crippen LogP contribution in [-0.2, 0) is 4.74 Å². The van der Waals surface area contributed by atoms with E-state index in [0.717, 1.165) is 6.42 Å². The zero-order valence-electron chi connectivity index (χ0n) is 11.6. The fourth-order valence-corrected chi connectivity index (χ4v) is 1.66. The lowest BCUT2D eigenvalue weighted by atomic mass is 9.93. The van der Waals surface area contributed by atoms with Crippen molar-refractivity contribution >= 4 is 6.09 Å². The van der Waals surface area contributed by atoms with Gasteiger partial charge in [-0.3, -0.25) is 5.32 Å². The smallest absolute Gasteiger partial charge is 0.409 e. The molecule has 4 heteroatoms. The number of amides is 1. The molecule has 0 saturated carbocycles. The Hall–Kier alpha value is -0.770. The Morgan fingerprint density at radius 2 is 1.75 bits per heavy atom. The second kappa shape index (κ2) is 5.53. The van der Waals surface area contributed by atoms with Crippen molar-refractivity contribution in [2.75, 3.05) is 7.05 Å². The normalized spacial score (nSPS) is 12.8. The Morgan fingerprint density at radius 1 is 1.25 bits per heavy atom. The molecule has 0 aliphatic carbocycles. The van der Waals surface area contributed by atoms with Gasteiger partial charge in [0.2, 0.25) is 0 Å². The highest BCUT2D eigenvalue weighted by molar-refractivity contribution is 5.68. The summed E-state index contributed by atoms with van der Waals surface area (Å²) in [7, 11) is 1.76. The average molecular weight is 230 g/mol. The standard InChI is InChI=1S/C12H26N2O2/c1-9(2)8-11(3,4)14-10(15)16-12(5,6)13-7/h9,13H,8H2,1-7H3,(H,14,15). The quantitative estimate of drug-likeness (QED) is 0.713. The lowest BCUT2D eigenvalue weighted by Crippen LogP contribution is -2.50. The van der Waals surface area contributed by atoms with Crippen LogP contribution in [0.5, 0.6) is 0 Å². The maximum atomic E-state index is 11.6. The Balaban J connectivity index is 4.24. The van der Waals surface area contributed by atoms with Gasteiger partial charge in [0.05, 0.1) is 0 Å². The zero-order valence-corrected chi connectivity index (χ0v) is 11.6. The van der Waals surface area contributed by atoms with Crippen molar-refractivity contribution < 1.29 is 9.53 Å². The minimum Gasteiger partial charge on any atom is -0.428 e. The monoisotopic (exact) mass is 230 g/mol. The molecule has 2 N–H and O–H groups in total. The first-order valence-corrected chi connectivity index (χ1v) is 5.78. The molecule has 0 atom stereocenters. The number of rotatable bonds is 5. The Morgan fingerprint density at radius 3 is 2.12 bits per heavy atom. The maximum absolute atomic E-state index is 11.6. The van der Waals surface area contributed by atoms with Crippen LogP contribution in [0.2, 0.25) is 0 Å². The minimum absolute atomic E-state index is 0.241. The van der Waals surface area contributed by atoms with Crippen LogP contribution in [0.4, 0.5) is 4.79 Å². The summed E-state index contributed by atoms with van der Waals surface area (Å²) in [5.74, 6) is 0.535. The van der Waals surface area contributed by atoms with E-state index in [4.69, 9.17) is 4.74 Å². The third kappa shape index (κ3) is 6.67. The molecule has 0 aromatic carbocycles. The predicted molar refractivity (Wildman–Crippen MR) is 66.3 cm³/mol. The summed E-state index contributed by atoms with van der Waals surface area (Å²) in [6.07, 6.45) is 0.534. The van der Waals surface area contributed by atoms with Crippen LogP contribution in [0.1, 0.15) is 48.0 Å². The van der Waals surface area contributed by atoms with Gasteiger partial charge in [0.1, 0.15) is 0 Å². The van der Waals surface area contributed by atoms with Gasteiger partial charge in [-0.25, -0.2) is 4.79 Å². The number of ether oxygens (including phenoxy) is 1. The lowest BCUT2D eigenvalue weighted by molar-refractivity contribution is 0.0143. The van der Waals surface area contributed by atoms with Crippen LogP contribution in [0.3, 0.4) is 0 Å². The second-order valence-electron chi connectivity index (χ2n) is 5.76. The number of hydrogen-bond donors (Lipinski definition) is 2. The fourth-order valence-electron chi connectivity index (χ4n) is 1.66. The van der Waals surface area contributed by atoms with Crippen LogP contribution in [0.15, 0.2) is 0 Å². The van der Waals surface area contributed by atoms with Gasteiger partial charge in [-0.15, -0.1) is 0 Å². The van der Waals surface area contributed by atoms with E-state index >= 15 is 0 Å². The molecule has 0 radical (unpaired) electrons. The highest BCUT2D eigenvalue weighted by atomic mass is 16.6. The molecule has 0 saturated heterocycles. The summed E-state index contributed by atoms with van der Waals surface area (Å²) in [4.78, 5) is 11.6. The van der Waals surface area contributed by atoms with Crippen LogP contribution < -0.4 is 10.6 Å². The Kier molecular flexibility index (Phi) is 5.26. The summed E-state index contributed by atoms with van der Waals surface area (Å²) in [6.45, 7) is 11.9. The molecule has 0 aromatic rings. The van der Waals surface area contributed by atoms with Gasteiger partial charge in [-0.2, -0.15) is 0 Å². The SMILES string of the molecule is CNC(C)(C)OC(=O)NC(C)(C)CC(C)C. The molecule has 0 aliphatic heterocycles. The summed E-state index contributed by atoms with van der Waals surface area (Å²) in [6, 6.07) is 0. The van der Waals surface area contributed by atoms with Crippen molar-refractivity contribution in [1.82, 2.24) is 10.6 Å². The molecule has 4 nitrogen and oxygen atoms in total. The van der Waals surface area contributed by atoms with Crippen molar-refractivity contribution in [3.63, 3.8) is 0 Å². The van der Waals surface area contributed by atoms with Crippen molar-refractivity contribution in [3.8, 4) is 0 Å². The van der Waals surface area contributed by atoms with Crippen molar-refractivity contribution in [3.05, 3.63) is 0 Å². The van der Waals surface area contributed by atoms with E-state index in [0.29, 0.717) is 5.92 Å². The molecule has 0 heterocycles. The molecule has 0 bridgehead atoms. The van der Waals surface area contributed by atoms with E-state index in [1.54, 1.807) is 7.05 Å². The second-order valence-corrected chi connectivity index (χ2v) is 5.76. The first-order chi connectivity index (χ1) is 7.08. The maximum Gasteiger partial charge on any atom is 0.409 e. The lowest BCUT2D eigenvalue weighted by Gasteiger charge is -2.31. The molecule has 0 rings (SSSR count). The summed E-state index contributed by atoms with van der Waals surface area (Å²) >= 11 is 0. The third-order valence-corrected chi connectivity index (χ3v) is 2.31. The minimum atomic E-state index is -0.641. The molecule has 0 spiro atoms. The predicted octanol–water partition coefficient (Wildman–Crippen LogP) is 2.49. The number of hydrogen-bond acceptors (Lipinski definition) is 3. The van der Waals surface area contributed by atoms with Gasteiger partial charge < -0.3 is 10.1 Å². The Bertz CT molecular complexity index is 235. The molecule has 1 amide bonds. The van der Waals surface area contributed by atoms with Crippen molar-refractivity contribution in [1.29, 1.82) is 0 Å². The number of carbonyl (C=O) groups excluding carboxylic acids is 1. The van der Waals surface area contributed by atoms with Gasteiger partial charge in [-0.05, 0) is 47.1 Å². The molecule has 0 aromatic heterocycles. The van der Waals surface area contributed by atoms with Gasteiger partial charge in [0.15, 0.2) is 5.72 Å². The molecule has 0 unspecified atom stereocenters. The Labute approximate surface area is 99.1 Å². The molecular formula is C12H26N2O2. The van der Waals surface area contributed by atoms with Crippen molar-refractivity contribution in [2.45, 2.75) is 59.2 Å². The summed E-state index contributed by atoms with van der Waals surface area (Å²) < 4.78 is 5.24. The zero-order chi connectivity index (χ0) is 13.0. The first-order valence-electron chi connectivity index (χ1n) is 5.78. The third-order valence-electron chi connectivity index (χ3n) is 2.31. The summed E-state index contributed by atoms with van der Waals surface area (Å²) in [5.41, 5.74) is -0.882. The topological polar surface area (TPSA) is 50.4 Å².